The van der Waals surface area contributed by atoms with Gasteiger partial charge >= 0.3 is 0 Å². The molecule has 3 rings (SSSR count). The zero-order chi connectivity index (χ0) is 14.8. The predicted octanol–water partition coefficient (Wildman–Crippen LogP) is 2.59. The molecule has 1 N–H and O–H groups in total. The maximum atomic E-state index is 12.1. The van der Waals surface area contributed by atoms with Gasteiger partial charge in [-0.25, -0.2) is 0 Å². The third-order valence-electron chi connectivity index (χ3n) is 4.51. The molecular weight excluding hydrogens is 266 g/mol. The number of amides is 1. The highest BCUT2D eigenvalue weighted by molar-refractivity contribution is 5.94. The molecule has 4 nitrogen and oxygen atoms in total. The first-order valence-electron chi connectivity index (χ1n) is 7.93. The quantitative estimate of drug-likeness (QED) is 0.930. The summed E-state index contributed by atoms with van der Waals surface area (Å²) in [7, 11) is 0. The van der Waals surface area contributed by atoms with Gasteiger partial charge in [-0.1, -0.05) is 12.1 Å². The SMILES string of the molecule is CCN1C(=O)CCCc2cc(C(O)C3CCCO3)ccc21. The smallest absolute Gasteiger partial charge is 0.226 e. The van der Waals surface area contributed by atoms with Crippen LogP contribution >= 0.6 is 0 Å². The normalized spacial score (nSPS) is 23.8. The minimum Gasteiger partial charge on any atom is -0.386 e. The monoisotopic (exact) mass is 289 g/mol. The Bertz CT molecular complexity index is 523. The van der Waals surface area contributed by atoms with E-state index in [1.807, 2.05) is 24.0 Å². The number of benzene rings is 1. The van der Waals surface area contributed by atoms with Gasteiger partial charge in [-0.05, 0) is 49.8 Å². The molecule has 0 bridgehead atoms. The number of hydrogen-bond donors (Lipinski definition) is 1. The number of hydrogen-bond acceptors (Lipinski definition) is 3. The summed E-state index contributed by atoms with van der Waals surface area (Å²) in [5, 5.41) is 10.5. The van der Waals surface area contributed by atoms with Crippen LogP contribution in [0.2, 0.25) is 0 Å². The first-order chi connectivity index (χ1) is 10.2. The van der Waals surface area contributed by atoms with E-state index in [9.17, 15) is 9.90 Å². The van der Waals surface area contributed by atoms with Gasteiger partial charge in [-0.3, -0.25) is 4.79 Å². The topological polar surface area (TPSA) is 49.8 Å². The minimum absolute atomic E-state index is 0.0854. The van der Waals surface area contributed by atoms with Crippen molar-refractivity contribution in [1.29, 1.82) is 0 Å². The van der Waals surface area contributed by atoms with Gasteiger partial charge < -0.3 is 14.7 Å². The van der Waals surface area contributed by atoms with E-state index in [-0.39, 0.29) is 12.0 Å². The molecule has 1 saturated heterocycles. The van der Waals surface area contributed by atoms with Crippen LogP contribution in [0.25, 0.3) is 0 Å². The van der Waals surface area contributed by atoms with Gasteiger partial charge in [0.2, 0.25) is 5.91 Å². The van der Waals surface area contributed by atoms with E-state index in [1.165, 1.54) is 0 Å². The van der Waals surface area contributed by atoms with Gasteiger partial charge in [0.25, 0.3) is 0 Å². The molecule has 114 valence electrons. The van der Waals surface area contributed by atoms with Crippen LogP contribution in [-0.2, 0) is 16.0 Å². The highest BCUT2D eigenvalue weighted by Crippen LogP contribution is 2.32. The molecule has 21 heavy (non-hydrogen) atoms. The van der Waals surface area contributed by atoms with Crippen LogP contribution in [0, 0.1) is 0 Å². The largest absolute Gasteiger partial charge is 0.386 e. The van der Waals surface area contributed by atoms with E-state index < -0.39 is 6.10 Å². The van der Waals surface area contributed by atoms with E-state index in [0.29, 0.717) is 13.0 Å². The Balaban J connectivity index is 1.89. The minimum atomic E-state index is -0.563. The predicted molar refractivity (Wildman–Crippen MR) is 81.3 cm³/mol. The summed E-state index contributed by atoms with van der Waals surface area (Å²) >= 11 is 0. The zero-order valence-electron chi connectivity index (χ0n) is 12.5. The fraction of sp³-hybridized carbons (Fsp3) is 0.588. The first-order valence-corrected chi connectivity index (χ1v) is 7.93. The van der Waals surface area contributed by atoms with E-state index >= 15 is 0 Å². The Morgan fingerprint density at radius 3 is 2.95 bits per heavy atom. The van der Waals surface area contributed by atoms with Crippen LogP contribution in [0.1, 0.15) is 49.8 Å². The first kappa shape index (κ1) is 14.5. The van der Waals surface area contributed by atoms with Crippen molar-refractivity contribution >= 4 is 11.6 Å². The summed E-state index contributed by atoms with van der Waals surface area (Å²) < 4.78 is 5.58. The van der Waals surface area contributed by atoms with Gasteiger partial charge in [0, 0.05) is 25.3 Å². The average molecular weight is 289 g/mol. The number of aryl methyl sites for hydroxylation is 1. The lowest BCUT2D eigenvalue weighted by molar-refractivity contribution is -0.118. The van der Waals surface area contributed by atoms with Crippen LogP contribution in [0.5, 0.6) is 0 Å². The number of fused-ring (bicyclic) bond motifs is 1. The molecule has 1 amide bonds. The molecule has 2 atom stereocenters. The van der Waals surface area contributed by atoms with Gasteiger partial charge in [0.1, 0.15) is 6.10 Å². The molecule has 1 aromatic rings. The van der Waals surface area contributed by atoms with Crippen molar-refractivity contribution in [2.45, 2.75) is 51.2 Å². The Morgan fingerprint density at radius 2 is 2.24 bits per heavy atom. The van der Waals surface area contributed by atoms with Crippen LogP contribution < -0.4 is 4.90 Å². The number of anilines is 1. The van der Waals surface area contributed by atoms with E-state index in [1.54, 1.807) is 0 Å². The zero-order valence-corrected chi connectivity index (χ0v) is 12.5. The van der Waals surface area contributed by atoms with Gasteiger partial charge in [0.15, 0.2) is 0 Å². The average Bonchev–Trinajstić information content (AvgIpc) is 2.97. The van der Waals surface area contributed by atoms with Gasteiger partial charge in [0.05, 0.1) is 6.10 Å². The lowest BCUT2D eigenvalue weighted by Crippen LogP contribution is -2.29. The number of aliphatic hydroxyl groups is 1. The molecular formula is C17H23NO3. The van der Waals surface area contributed by atoms with Gasteiger partial charge in [-0.2, -0.15) is 0 Å². The van der Waals surface area contributed by atoms with Crippen molar-refractivity contribution in [3.05, 3.63) is 29.3 Å². The Kier molecular flexibility index (Phi) is 4.27. The molecule has 2 aliphatic rings. The number of aliphatic hydroxyl groups excluding tert-OH is 1. The van der Waals surface area contributed by atoms with E-state index in [0.717, 1.165) is 49.1 Å². The number of rotatable bonds is 3. The van der Waals surface area contributed by atoms with Crippen molar-refractivity contribution in [1.82, 2.24) is 0 Å². The molecule has 1 aromatic carbocycles. The van der Waals surface area contributed by atoms with Crippen LogP contribution in [0.4, 0.5) is 5.69 Å². The summed E-state index contributed by atoms with van der Waals surface area (Å²) in [5.74, 6) is 0.198. The summed E-state index contributed by atoms with van der Waals surface area (Å²) in [6.45, 7) is 3.44. The second-order valence-corrected chi connectivity index (χ2v) is 5.88. The molecule has 2 unspecified atom stereocenters. The lowest BCUT2D eigenvalue weighted by atomic mass is 9.97. The third kappa shape index (κ3) is 2.83. The molecule has 0 aliphatic carbocycles. The molecule has 1 fully saturated rings. The Morgan fingerprint density at radius 1 is 1.38 bits per heavy atom. The molecule has 0 spiro atoms. The maximum Gasteiger partial charge on any atom is 0.226 e. The van der Waals surface area contributed by atoms with Crippen molar-refractivity contribution < 1.29 is 14.6 Å². The summed E-state index contributed by atoms with van der Waals surface area (Å²) in [4.78, 5) is 13.9. The summed E-state index contributed by atoms with van der Waals surface area (Å²) in [6, 6.07) is 5.98. The highest BCUT2D eigenvalue weighted by Gasteiger charge is 2.27. The number of carbonyl (C=O) groups is 1. The molecule has 4 heteroatoms. The Hall–Kier alpha value is -1.39. The van der Waals surface area contributed by atoms with Crippen LogP contribution in [0.15, 0.2) is 18.2 Å². The third-order valence-corrected chi connectivity index (χ3v) is 4.51. The van der Waals surface area contributed by atoms with Crippen LogP contribution in [-0.4, -0.2) is 30.3 Å². The van der Waals surface area contributed by atoms with Crippen molar-refractivity contribution in [3.63, 3.8) is 0 Å². The number of nitrogens with zero attached hydrogens (tertiary/aromatic N) is 1. The second-order valence-electron chi connectivity index (χ2n) is 5.88. The molecule has 2 heterocycles. The molecule has 0 saturated carbocycles. The van der Waals surface area contributed by atoms with E-state index in [4.69, 9.17) is 4.74 Å². The number of ether oxygens (including phenoxy) is 1. The maximum absolute atomic E-state index is 12.1. The summed E-state index contributed by atoms with van der Waals surface area (Å²) in [6.07, 6.45) is 3.66. The fourth-order valence-corrected chi connectivity index (χ4v) is 3.37. The lowest BCUT2D eigenvalue weighted by Gasteiger charge is -2.23. The van der Waals surface area contributed by atoms with Crippen molar-refractivity contribution in [3.8, 4) is 0 Å². The Labute approximate surface area is 125 Å². The van der Waals surface area contributed by atoms with Crippen molar-refractivity contribution in [2.24, 2.45) is 0 Å². The van der Waals surface area contributed by atoms with Crippen molar-refractivity contribution in [2.75, 3.05) is 18.1 Å². The number of carbonyl (C=O) groups excluding carboxylic acids is 1. The molecule has 0 aromatic heterocycles. The summed E-state index contributed by atoms with van der Waals surface area (Å²) in [5.41, 5.74) is 3.08. The highest BCUT2D eigenvalue weighted by atomic mass is 16.5. The van der Waals surface area contributed by atoms with E-state index in [2.05, 4.69) is 6.07 Å². The second kappa shape index (κ2) is 6.16. The van der Waals surface area contributed by atoms with Gasteiger partial charge in [-0.15, -0.1) is 0 Å². The standard InChI is InChI=1S/C17H23NO3/c1-2-18-14-9-8-13(17(20)15-6-4-10-21-15)11-12(14)5-3-7-16(18)19/h8-9,11,15,17,20H,2-7,10H2,1H3. The molecule has 0 radical (unpaired) electrons. The van der Waals surface area contributed by atoms with Crippen LogP contribution in [0.3, 0.4) is 0 Å². The fourth-order valence-electron chi connectivity index (χ4n) is 3.37. The molecule has 2 aliphatic heterocycles.